The first-order valence-corrected chi connectivity index (χ1v) is 16.2. The molecule has 4 aromatic rings. The molecule has 1 amide bonds. The summed E-state index contributed by atoms with van der Waals surface area (Å²) in [6.45, 7) is 5.02. The van der Waals surface area contributed by atoms with Gasteiger partial charge in [-0.15, -0.1) is 0 Å². The minimum absolute atomic E-state index is 0.138. The number of aliphatic hydroxyl groups excluding tert-OH is 1. The Hall–Kier alpha value is -4.39. The molecule has 1 aliphatic rings. The highest BCUT2D eigenvalue weighted by Crippen LogP contribution is 2.36. The van der Waals surface area contributed by atoms with Crippen molar-refractivity contribution < 1.29 is 27.8 Å². The molecule has 0 bridgehead atoms. The molecule has 0 fully saturated rings. The van der Waals surface area contributed by atoms with E-state index in [1.54, 1.807) is 37.1 Å². The van der Waals surface area contributed by atoms with E-state index in [0.29, 0.717) is 19.6 Å². The standard InChI is InChI=1S/C33H39N5O6S/c1-23-17-38(24(2)21-39)33(40)28-11-8-12-29(35-45(41,42)31-20-37(4)22-34-31)32(28)44-30(23)19-36(3)18-25-13-15-27(16-14-25)43-26-9-6-5-7-10-26/h5-16,20,22-24,30,35,39H,17-19,21H2,1-4H3/t23-,24+,30+/m0/s1. The summed E-state index contributed by atoms with van der Waals surface area (Å²) < 4.78 is 43.0. The van der Waals surface area contributed by atoms with Crippen molar-refractivity contribution in [3.05, 3.63) is 96.4 Å². The molecule has 11 nitrogen and oxygen atoms in total. The number of aryl methyl sites for hydroxylation is 1. The monoisotopic (exact) mass is 633 g/mol. The van der Waals surface area contributed by atoms with E-state index in [4.69, 9.17) is 9.47 Å². The number of imidazole rings is 1. The van der Waals surface area contributed by atoms with Crippen LogP contribution in [0, 0.1) is 5.92 Å². The van der Waals surface area contributed by atoms with Gasteiger partial charge in [0.05, 0.1) is 30.2 Å². The van der Waals surface area contributed by atoms with Gasteiger partial charge in [0.1, 0.15) is 17.6 Å². The number of benzene rings is 3. The van der Waals surface area contributed by atoms with Crippen LogP contribution in [0.3, 0.4) is 0 Å². The molecule has 238 valence electrons. The first-order chi connectivity index (χ1) is 21.5. The molecule has 1 aliphatic heterocycles. The summed E-state index contributed by atoms with van der Waals surface area (Å²) in [5, 5.41) is 9.82. The summed E-state index contributed by atoms with van der Waals surface area (Å²) in [4.78, 5) is 21.5. The van der Waals surface area contributed by atoms with E-state index in [2.05, 4.69) is 14.6 Å². The van der Waals surface area contributed by atoms with Crippen LogP contribution in [-0.2, 0) is 23.6 Å². The van der Waals surface area contributed by atoms with Crippen molar-refractivity contribution in [3.63, 3.8) is 0 Å². The van der Waals surface area contributed by atoms with Crippen LogP contribution in [0.15, 0.2) is 90.3 Å². The molecule has 2 heterocycles. The molecule has 0 spiro atoms. The van der Waals surface area contributed by atoms with Gasteiger partial charge in [-0.1, -0.05) is 43.3 Å². The zero-order valence-corrected chi connectivity index (χ0v) is 26.6. The number of sulfonamides is 1. The molecule has 5 rings (SSSR count). The van der Waals surface area contributed by atoms with Gasteiger partial charge in [-0.3, -0.25) is 14.4 Å². The Bertz CT molecular complexity index is 1710. The van der Waals surface area contributed by atoms with E-state index in [1.807, 2.05) is 68.6 Å². The van der Waals surface area contributed by atoms with E-state index in [-0.39, 0.29) is 40.5 Å². The molecule has 0 saturated carbocycles. The number of likely N-dealkylation sites (N-methyl/N-ethyl adjacent to an activating group) is 1. The van der Waals surface area contributed by atoms with Gasteiger partial charge < -0.3 is 24.0 Å². The predicted octanol–water partition coefficient (Wildman–Crippen LogP) is 4.37. The smallest absolute Gasteiger partial charge is 0.281 e. The summed E-state index contributed by atoms with van der Waals surface area (Å²) in [5.41, 5.74) is 1.43. The number of ether oxygens (including phenoxy) is 2. The van der Waals surface area contributed by atoms with E-state index >= 15 is 0 Å². The number of hydrogen-bond donors (Lipinski definition) is 2. The number of anilines is 1. The summed E-state index contributed by atoms with van der Waals surface area (Å²) in [6.07, 6.45) is 2.37. The van der Waals surface area contributed by atoms with Gasteiger partial charge in [0, 0.05) is 38.8 Å². The van der Waals surface area contributed by atoms with Crippen LogP contribution in [0.1, 0.15) is 29.8 Å². The van der Waals surface area contributed by atoms with Crippen molar-refractivity contribution in [1.29, 1.82) is 0 Å². The molecule has 0 unspecified atom stereocenters. The van der Waals surface area contributed by atoms with E-state index in [1.165, 1.54) is 17.1 Å². The van der Waals surface area contributed by atoms with Gasteiger partial charge in [0.15, 0.2) is 10.8 Å². The second kappa shape index (κ2) is 13.7. The van der Waals surface area contributed by atoms with Crippen molar-refractivity contribution in [2.45, 2.75) is 37.6 Å². The third-order valence-electron chi connectivity index (χ3n) is 7.74. The average Bonchev–Trinajstić information content (AvgIpc) is 3.47. The first-order valence-electron chi connectivity index (χ1n) is 14.8. The molecule has 1 aromatic heterocycles. The number of para-hydroxylation sites is 2. The van der Waals surface area contributed by atoms with Crippen LogP contribution in [0.4, 0.5) is 5.69 Å². The molecule has 3 aromatic carbocycles. The molecule has 45 heavy (non-hydrogen) atoms. The minimum Gasteiger partial charge on any atom is -0.486 e. The summed E-state index contributed by atoms with van der Waals surface area (Å²) >= 11 is 0. The number of hydrogen-bond acceptors (Lipinski definition) is 8. The number of carbonyl (C=O) groups excluding carboxylic acids is 1. The van der Waals surface area contributed by atoms with Gasteiger partial charge in [0.25, 0.3) is 15.9 Å². The Labute approximate surface area is 264 Å². The number of amides is 1. The maximum absolute atomic E-state index is 13.8. The third kappa shape index (κ3) is 7.64. The van der Waals surface area contributed by atoms with Gasteiger partial charge >= 0.3 is 0 Å². The first kappa shape index (κ1) is 32.0. The Kier molecular flexibility index (Phi) is 9.76. The maximum Gasteiger partial charge on any atom is 0.281 e. The van der Waals surface area contributed by atoms with E-state index in [0.717, 1.165) is 17.1 Å². The number of nitrogens with zero attached hydrogens (tertiary/aromatic N) is 4. The van der Waals surface area contributed by atoms with Gasteiger partial charge in [0.2, 0.25) is 0 Å². The largest absolute Gasteiger partial charge is 0.486 e. The lowest BCUT2D eigenvalue weighted by Gasteiger charge is -2.38. The number of aromatic nitrogens is 2. The quantitative estimate of drug-likeness (QED) is 0.250. The summed E-state index contributed by atoms with van der Waals surface area (Å²) in [6, 6.07) is 21.8. The Morgan fingerprint density at radius 1 is 1.09 bits per heavy atom. The van der Waals surface area contributed by atoms with Crippen LogP contribution < -0.4 is 14.2 Å². The SMILES string of the molecule is C[C@H](CO)N1C[C@H](C)[C@@H](CN(C)Cc2ccc(Oc3ccccc3)cc2)Oc2c(NS(=O)(=O)c3cn(C)cn3)cccc2C1=O. The highest BCUT2D eigenvalue weighted by Gasteiger charge is 2.35. The lowest BCUT2D eigenvalue weighted by Crippen LogP contribution is -2.49. The second-order valence-corrected chi connectivity index (χ2v) is 13.2. The van der Waals surface area contributed by atoms with Crippen molar-refractivity contribution in [1.82, 2.24) is 19.4 Å². The third-order valence-corrected chi connectivity index (χ3v) is 8.99. The fourth-order valence-corrected chi connectivity index (χ4v) is 6.28. The molecule has 2 N–H and O–H groups in total. The van der Waals surface area contributed by atoms with Gasteiger partial charge in [-0.2, -0.15) is 8.42 Å². The molecular formula is C33H39N5O6S. The van der Waals surface area contributed by atoms with Crippen LogP contribution in [0.2, 0.25) is 0 Å². The summed E-state index contributed by atoms with van der Waals surface area (Å²) in [7, 11) is -0.401. The molecule has 3 atom stereocenters. The van der Waals surface area contributed by atoms with Crippen LogP contribution in [0.5, 0.6) is 17.2 Å². The lowest BCUT2D eigenvalue weighted by atomic mass is 9.99. The lowest BCUT2D eigenvalue weighted by molar-refractivity contribution is 0.0344. The zero-order valence-electron chi connectivity index (χ0n) is 25.8. The fourth-order valence-electron chi connectivity index (χ4n) is 5.24. The van der Waals surface area contributed by atoms with E-state index < -0.39 is 22.2 Å². The Morgan fingerprint density at radius 2 is 1.80 bits per heavy atom. The second-order valence-electron chi connectivity index (χ2n) is 11.5. The fraction of sp³-hybridized carbons (Fsp3) is 0.333. The van der Waals surface area contributed by atoms with Crippen molar-refractivity contribution in [3.8, 4) is 17.2 Å². The summed E-state index contributed by atoms with van der Waals surface area (Å²) in [5.74, 6) is 1.15. The molecule has 0 saturated heterocycles. The number of fused-ring (bicyclic) bond motifs is 1. The van der Waals surface area contributed by atoms with Crippen LogP contribution in [0.25, 0.3) is 0 Å². The van der Waals surface area contributed by atoms with E-state index in [9.17, 15) is 18.3 Å². The number of aliphatic hydroxyl groups is 1. The number of rotatable bonds is 11. The normalized spacial score (nSPS) is 17.6. The topological polar surface area (TPSA) is 126 Å². The van der Waals surface area contributed by atoms with Crippen molar-refractivity contribution in [2.75, 3.05) is 31.5 Å². The molecule has 0 radical (unpaired) electrons. The number of carbonyl (C=O) groups is 1. The highest BCUT2D eigenvalue weighted by atomic mass is 32.2. The predicted molar refractivity (Wildman–Crippen MR) is 171 cm³/mol. The Morgan fingerprint density at radius 3 is 2.47 bits per heavy atom. The zero-order chi connectivity index (χ0) is 32.1. The average molecular weight is 634 g/mol. The van der Waals surface area contributed by atoms with Crippen molar-refractivity contribution >= 4 is 21.6 Å². The van der Waals surface area contributed by atoms with Gasteiger partial charge in [-0.05, 0) is 55.9 Å². The Balaban J connectivity index is 1.39. The molecule has 12 heteroatoms. The van der Waals surface area contributed by atoms with Crippen molar-refractivity contribution in [2.24, 2.45) is 13.0 Å². The van der Waals surface area contributed by atoms with Crippen LogP contribution in [-0.4, -0.2) is 77.7 Å². The van der Waals surface area contributed by atoms with Gasteiger partial charge in [-0.25, -0.2) is 4.98 Å². The van der Waals surface area contributed by atoms with Crippen LogP contribution >= 0.6 is 0 Å². The minimum atomic E-state index is -4.06. The molecule has 0 aliphatic carbocycles. The number of nitrogens with one attached hydrogen (secondary N) is 1. The molecular weight excluding hydrogens is 594 g/mol. The maximum atomic E-state index is 13.8. The highest BCUT2D eigenvalue weighted by molar-refractivity contribution is 7.92.